The van der Waals surface area contributed by atoms with Crippen molar-refractivity contribution in [1.29, 1.82) is 0 Å². The van der Waals surface area contributed by atoms with E-state index in [-0.39, 0.29) is 5.41 Å². The van der Waals surface area contributed by atoms with Crippen LogP contribution in [-0.2, 0) is 9.47 Å². The maximum Gasteiger partial charge on any atom is 0.188 e. The lowest BCUT2D eigenvalue weighted by atomic mass is 10.00. The first-order valence-corrected chi connectivity index (χ1v) is 12.4. The Hall–Kier alpha value is -2.46. The van der Waals surface area contributed by atoms with Gasteiger partial charge in [0, 0.05) is 40.1 Å². The molecule has 34 heavy (non-hydrogen) atoms. The normalized spacial score (nSPS) is 20.3. The molecule has 178 valence electrons. The van der Waals surface area contributed by atoms with Gasteiger partial charge in [0.15, 0.2) is 17.3 Å². The number of fused-ring (bicyclic) bond motifs is 2. The number of ether oxygens (including phenoxy) is 4. The monoisotopic (exact) mass is 526 g/mol. The molecule has 0 radical (unpaired) electrons. The summed E-state index contributed by atoms with van der Waals surface area (Å²) in [6.45, 7) is 4.53. The second-order valence-electron chi connectivity index (χ2n) is 9.17. The van der Waals surface area contributed by atoms with E-state index in [1.165, 1.54) is 12.8 Å². The van der Waals surface area contributed by atoms with Gasteiger partial charge < -0.3 is 24.3 Å². The van der Waals surface area contributed by atoms with Gasteiger partial charge in [0.1, 0.15) is 18.8 Å². The van der Waals surface area contributed by atoms with Crippen LogP contribution in [0.2, 0.25) is 0 Å². The minimum absolute atomic E-state index is 0.175. The Bertz CT molecular complexity index is 1210. The highest BCUT2D eigenvalue weighted by molar-refractivity contribution is 9.10. The van der Waals surface area contributed by atoms with Gasteiger partial charge in [0.2, 0.25) is 0 Å². The van der Waals surface area contributed by atoms with E-state index in [0.29, 0.717) is 37.1 Å². The molecule has 0 bridgehead atoms. The van der Waals surface area contributed by atoms with Crippen molar-refractivity contribution in [3.63, 3.8) is 0 Å². The molecule has 1 aromatic heterocycles. The van der Waals surface area contributed by atoms with Gasteiger partial charge in [-0.2, -0.15) is 0 Å². The van der Waals surface area contributed by atoms with Crippen LogP contribution < -0.4 is 14.8 Å². The Morgan fingerprint density at radius 1 is 1.09 bits per heavy atom. The first-order valence-electron chi connectivity index (χ1n) is 11.6. The molecule has 0 unspecified atom stereocenters. The highest BCUT2D eigenvalue weighted by Crippen LogP contribution is 2.61. The molecule has 3 aliphatic rings. The molecule has 2 saturated heterocycles. The number of anilines is 2. The summed E-state index contributed by atoms with van der Waals surface area (Å²) < 4.78 is 25.0. The number of hydrogen-bond acceptors (Lipinski definition) is 8. The minimum Gasteiger partial charge on any atom is -0.493 e. The number of aromatic nitrogens is 2. The number of nitrogens with zero attached hydrogens (tertiary/aromatic N) is 3. The lowest BCUT2D eigenvalue weighted by Gasteiger charge is -2.28. The summed E-state index contributed by atoms with van der Waals surface area (Å²) in [6.07, 6.45) is 3.90. The van der Waals surface area contributed by atoms with E-state index in [1.54, 1.807) is 13.4 Å². The fourth-order valence-corrected chi connectivity index (χ4v) is 5.59. The van der Waals surface area contributed by atoms with Gasteiger partial charge in [-0.15, -0.1) is 0 Å². The molecule has 3 aromatic rings. The highest BCUT2D eigenvalue weighted by Gasteiger charge is 2.67. The molecule has 8 nitrogen and oxygen atoms in total. The van der Waals surface area contributed by atoms with Gasteiger partial charge in [0.05, 0.1) is 32.4 Å². The number of benzene rings is 2. The first-order chi connectivity index (χ1) is 16.6. The summed E-state index contributed by atoms with van der Waals surface area (Å²) in [5.74, 6) is 1.63. The van der Waals surface area contributed by atoms with E-state index >= 15 is 0 Å². The number of rotatable bonds is 7. The van der Waals surface area contributed by atoms with Crippen LogP contribution in [-0.4, -0.2) is 67.2 Å². The number of hydrogen-bond donors (Lipinski definition) is 1. The van der Waals surface area contributed by atoms with Gasteiger partial charge in [0.25, 0.3) is 0 Å². The number of methoxy groups -OCH3 is 1. The van der Waals surface area contributed by atoms with Crippen LogP contribution in [0.25, 0.3) is 10.9 Å². The summed E-state index contributed by atoms with van der Waals surface area (Å²) in [7, 11) is 1.64. The second-order valence-corrected chi connectivity index (χ2v) is 10.1. The van der Waals surface area contributed by atoms with Crippen molar-refractivity contribution in [1.82, 2.24) is 14.9 Å². The molecule has 9 heteroatoms. The standard InChI is InChI=1S/C25H27BrN4O4/c1-31-21-13-20-19(23(28-16-27-20)29-18-4-2-3-17(26)11-18)12-22(21)32-8-7-30-14-24(5-6-24)25(15-30)33-9-10-34-25/h2-4,11-13,16H,5-10,14-15H2,1H3,(H,27,28,29). The molecule has 1 saturated carbocycles. The van der Waals surface area contributed by atoms with Gasteiger partial charge in [-0.05, 0) is 37.1 Å². The fraction of sp³-hybridized carbons (Fsp3) is 0.440. The molecule has 6 rings (SSSR count). The largest absolute Gasteiger partial charge is 0.493 e. The van der Waals surface area contributed by atoms with Gasteiger partial charge in [-0.1, -0.05) is 22.0 Å². The van der Waals surface area contributed by atoms with Crippen LogP contribution in [0.1, 0.15) is 12.8 Å². The summed E-state index contributed by atoms with van der Waals surface area (Å²) in [4.78, 5) is 11.3. The fourth-order valence-electron chi connectivity index (χ4n) is 5.19. The zero-order chi connectivity index (χ0) is 23.2. The van der Waals surface area contributed by atoms with Crippen molar-refractivity contribution in [3.05, 3.63) is 47.2 Å². The van der Waals surface area contributed by atoms with Crippen molar-refractivity contribution in [2.75, 3.05) is 51.9 Å². The Morgan fingerprint density at radius 2 is 1.94 bits per heavy atom. The van der Waals surface area contributed by atoms with Crippen molar-refractivity contribution >= 4 is 38.3 Å². The lowest BCUT2D eigenvalue weighted by Crippen LogP contribution is -2.41. The summed E-state index contributed by atoms with van der Waals surface area (Å²) in [5.41, 5.74) is 1.89. The molecule has 2 aliphatic heterocycles. The topological polar surface area (TPSA) is 78.0 Å². The average molecular weight is 527 g/mol. The van der Waals surface area contributed by atoms with E-state index in [0.717, 1.165) is 40.7 Å². The second kappa shape index (κ2) is 8.64. The third-order valence-corrected chi connectivity index (χ3v) is 7.54. The number of likely N-dealkylation sites (tertiary alicyclic amines) is 1. The molecule has 1 N–H and O–H groups in total. The van der Waals surface area contributed by atoms with Crippen molar-refractivity contribution in [2.45, 2.75) is 18.6 Å². The third-order valence-electron chi connectivity index (χ3n) is 7.05. The van der Waals surface area contributed by atoms with Crippen LogP contribution in [0, 0.1) is 5.41 Å². The van der Waals surface area contributed by atoms with Gasteiger partial charge in [-0.25, -0.2) is 9.97 Å². The van der Waals surface area contributed by atoms with Crippen LogP contribution in [0.15, 0.2) is 47.2 Å². The van der Waals surface area contributed by atoms with Crippen LogP contribution in [0.5, 0.6) is 11.5 Å². The molecule has 2 spiro atoms. The third kappa shape index (κ3) is 3.90. The highest BCUT2D eigenvalue weighted by atomic mass is 79.9. The molecule has 2 aromatic carbocycles. The van der Waals surface area contributed by atoms with E-state index in [9.17, 15) is 0 Å². The average Bonchev–Trinajstić information content (AvgIpc) is 3.35. The quantitative estimate of drug-likeness (QED) is 0.486. The Labute approximate surface area is 206 Å². The maximum absolute atomic E-state index is 6.22. The Kier molecular flexibility index (Phi) is 5.60. The van der Waals surface area contributed by atoms with E-state index in [4.69, 9.17) is 18.9 Å². The molecule has 0 atom stereocenters. The number of nitrogens with one attached hydrogen (secondary N) is 1. The zero-order valence-corrected chi connectivity index (χ0v) is 20.6. The Balaban J connectivity index is 1.19. The minimum atomic E-state index is -0.405. The van der Waals surface area contributed by atoms with Gasteiger partial charge >= 0.3 is 0 Å². The molecule has 3 fully saturated rings. The predicted molar refractivity (Wildman–Crippen MR) is 132 cm³/mol. The SMILES string of the molecule is COc1cc2ncnc(Nc3cccc(Br)c3)c2cc1OCCN1CC2(CC2)C2(C1)OCCO2. The molecular weight excluding hydrogens is 500 g/mol. The molecular formula is C25H27BrN4O4. The maximum atomic E-state index is 6.22. The van der Waals surface area contributed by atoms with E-state index in [2.05, 4.69) is 36.1 Å². The van der Waals surface area contributed by atoms with Gasteiger partial charge in [-0.3, -0.25) is 4.90 Å². The summed E-state index contributed by atoms with van der Waals surface area (Å²) in [6, 6.07) is 11.8. The summed E-state index contributed by atoms with van der Waals surface area (Å²) >= 11 is 3.51. The summed E-state index contributed by atoms with van der Waals surface area (Å²) in [5, 5.41) is 4.25. The number of halogens is 1. The molecule has 0 amide bonds. The van der Waals surface area contributed by atoms with Crippen molar-refractivity contribution in [3.8, 4) is 11.5 Å². The van der Waals surface area contributed by atoms with Crippen molar-refractivity contribution < 1.29 is 18.9 Å². The zero-order valence-electron chi connectivity index (χ0n) is 19.1. The van der Waals surface area contributed by atoms with E-state index < -0.39 is 5.79 Å². The van der Waals surface area contributed by atoms with Crippen molar-refractivity contribution in [2.24, 2.45) is 5.41 Å². The van der Waals surface area contributed by atoms with E-state index in [1.807, 2.05) is 36.4 Å². The smallest absolute Gasteiger partial charge is 0.188 e. The molecule has 1 aliphatic carbocycles. The predicted octanol–water partition coefficient (Wildman–Crippen LogP) is 4.36. The van der Waals surface area contributed by atoms with Crippen LogP contribution >= 0.6 is 15.9 Å². The first kappa shape index (κ1) is 22.0. The molecule has 3 heterocycles. The van der Waals surface area contributed by atoms with Crippen LogP contribution in [0.3, 0.4) is 0 Å². The lowest BCUT2D eigenvalue weighted by molar-refractivity contribution is -0.182. The Morgan fingerprint density at radius 3 is 2.71 bits per heavy atom. The van der Waals surface area contributed by atoms with Crippen LogP contribution in [0.4, 0.5) is 11.5 Å².